The fourth-order valence-corrected chi connectivity index (χ4v) is 0.839. The summed E-state index contributed by atoms with van der Waals surface area (Å²) >= 11 is 0. The van der Waals surface area contributed by atoms with Gasteiger partial charge in [0.2, 0.25) is 0 Å². The fourth-order valence-electron chi connectivity index (χ4n) is 0.839. The van der Waals surface area contributed by atoms with Crippen LogP contribution in [0.4, 0.5) is 0 Å². The van der Waals surface area contributed by atoms with Crippen LogP contribution < -0.4 is 5.73 Å². The topological polar surface area (TPSA) is 43.1 Å². The van der Waals surface area contributed by atoms with Crippen molar-refractivity contribution in [3.8, 4) is 0 Å². The Hall–Kier alpha value is -0.630. The van der Waals surface area contributed by atoms with Gasteiger partial charge < -0.3 is 10.5 Å². The van der Waals surface area contributed by atoms with Gasteiger partial charge in [0, 0.05) is 6.42 Å². The lowest BCUT2D eigenvalue weighted by atomic mass is 10.0. The molecule has 0 aliphatic rings. The molecule has 0 spiro atoms. The molecule has 1 unspecified atom stereocenters. The Labute approximate surface area is 75.8 Å². The number of nitrogens with two attached hydrogens (primary N) is 1. The molecular formula is C10H21NO. The van der Waals surface area contributed by atoms with Crippen molar-refractivity contribution in [3.63, 3.8) is 0 Å². The van der Waals surface area contributed by atoms with Gasteiger partial charge in [0.25, 0.3) is 0 Å². The molecule has 0 bridgehead atoms. The highest BCUT2D eigenvalue weighted by atomic mass is 16.1. The van der Waals surface area contributed by atoms with Crippen LogP contribution in [0.25, 0.3) is 0 Å². The number of aldehydes is 1. The number of carbonyl (C=O) groups excluding carboxylic acids is 1. The van der Waals surface area contributed by atoms with Crippen LogP contribution in [0.15, 0.2) is 12.2 Å². The third-order valence-electron chi connectivity index (χ3n) is 1.55. The van der Waals surface area contributed by atoms with E-state index >= 15 is 0 Å². The summed E-state index contributed by atoms with van der Waals surface area (Å²) < 4.78 is 0. The summed E-state index contributed by atoms with van der Waals surface area (Å²) in [7, 11) is 1.50. The number of hydrogen-bond acceptors (Lipinski definition) is 2. The van der Waals surface area contributed by atoms with E-state index in [4.69, 9.17) is 0 Å². The first-order valence-electron chi connectivity index (χ1n) is 4.43. The average Bonchev–Trinajstić information content (AvgIpc) is 2.14. The normalized spacial score (nSPS) is 12.0. The molecule has 1 atom stereocenters. The Bertz CT molecular complexity index is 110. The van der Waals surface area contributed by atoms with E-state index in [0.29, 0.717) is 12.3 Å². The third kappa shape index (κ3) is 12.1. The lowest BCUT2D eigenvalue weighted by Gasteiger charge is -2.03. The van der Waals surface area contributed by atoms with Crippen LogP contribution in [0.3, 0.4) is 0 Å². The first-order valence-corrected chi connectivity index (χ1v) is 4.43. The molecule has 0 amide bonds. The monoisotopic (exact) mass is 171 g/mol. The molecule has 0 aromatic carbocycles. The lowest BCUT2D eigenvalue weighted by molar-refractivity contribution is -0.108. The van der Waals surface area contributed by atoms with Gasteiger partial charge in [-0.1, -0.05) is 19.1 Å². The van der Waals surface area contributed by atoms with Crippen molar-refractivity contribution in [3.05, 3.63) is 12.2 Å². The Morgan fingerprint density at radius 3 is 2.42 bits per heavy atom. The largest absolute Gasteiger partial charge is 0.333 e. The quantitative estimate of drug-likeness (QED) is 0.508. The van der Waals surface area contributed by atoms with Crippen LogP contribution in [0, 0.1) is 5.92 Å². The maximum absolute atomic E-state index is 9.97. The number of hydrogen-bond donors (Lipinski definition) is 1. The fraction of sp³-hybridized carbons (Fsp3) is 0.700. The molecule has 0 saturated carbocycles. The van der Waals surface area contributed by atoms with Gasteiger partial charge in [-0.25, -0.2) is 0 Å². The number of allylic oxidation sites excluding steroid dienone is 2. The third-order valence-corrected chi connectivity index (χ3v) is 1.55. The minimum Gasteiger partial charge on any atom is -0.333 e. The predicted molar refractivity (Wildman–Crippen MR) is 54.0 cm³/mol. The smallest absolute Gasteiger partial charge is 0.120 e. The molecule has 0 aliphatic heterocycles. The zero-order valence-electron chi connectivity index (χ0n) is 8.42. The summed E-state index contributed by atoms with van der Waals surface area (Å²) in [5, 5.41) is 0. The maximum Gasteiger partial charge on any atom is 0.120 e. The first-order chi connectivity index (χ1) is 5.81. The predicted octanol–water partition coefficient (Wildman–Crippen LogP) is 2.14. The Balaban J connectivity index is 0. The molecule has 2 N–H and O–H groups in total. The molecule has 72 valence electrons. The second-order valence-corrected chi connectivity index (χ2v) is 2.65. The van der Waals surface area contributed by atoms with E-state index < -0.39 is 0 Å². The molecule has 0 aliphatic carbocycles. The molecule has 0 aromatic rings. The average molecular weight is 171 g/mol. The van der Waals surface area contributed by atoms with Gasteiger partial charge in [-0.2, -0.15) is 0 Å². The number of rotatable bonds is 5. The van der Waals surface area contributed by atoms with E-state index in [-0.39, 0.29) is 0 Å². The van der Waals surface area contributed by atoms with Gasteiger partial charge in [-0.05, 0) is 32.7 Å². The molecule has 2 nitrogen and oxygen atoms in total. The van der Waals surface area contributed by atoms with Gasteiger partial charge in [-0.3, -0.25) is 0 Å². The summed E-state index contributed by atoms with van der Waals surface area (Å²) in [6.45, 7) is 4.19. The lowest BCUT2D eigenvalue weighted by Crippen LogP contribution is -1.92. The van der Waals surface area contributed by atoms with E-state index in [0.717, 1.165) is 19.1 Å². The SMILES string of the molecule is C/C=C/CC(C)CCC=O.CN. The zero-order chi connectivity index (χ0) is 9.82. The highest BCUT2D eigenvalue weighted by molar-refractivity contribution is 5.49. The molecule has 0 radical (unpaired) electrons. The second kappa shape index (κ2) is 13.0. The highest BCUT2D eigenvalue weighted by Crippen LogP contribution is 2.09. The molecular weight excluding hydrogens is 150 g/mol. The van der Waals surface area contributed by atoms with Crippen LogP contribution in [-0.4, -0.2) is 13.3 Å². The molecule has 0 heterocycles. The van der Waals surface area contributed by atoms with Crippen molar-refractivity contribution < 1.29 is 4.79 Å². The van der Waals surface area contributed by atoms with E-state index in [1.54, 1.807) is 0 Å². The van der Waals surface area contributed by atoms with Crippen LogP contribution >= 0.6 is 0 Å². The summed E-state index contributed by atoms with van der Waals surface area (Å²) in [4.78, 5) is 9.97. The molecule has 12 heavy (non-hydrogen) atoms. The summed E-state index contributed by atoms with van der Waals surface area (Å²) in [6, 6.07) is 0. The van der Waals surface area contributed by atoms with Gasteiger partial charge >= 0.3 is 0 Å². The van der Waals surface area contributed by atoms with Crippen molar-refractivity contribution in [2.45, 2.75) is 33.1 Å². The number of carbonyl (C=O) groups is 1. The summed E-state index contributed by atoms with van der Waals surface area (Å²) in [6.07, 6.45) is 8.02. The molecule has 2 heteroatoms. The van der Waals surface area contributed by atoms with E-state index in [2.05, 4.69) is 24.8 Å². The maximum atomic E-state index is 9.97. The van der Waals surface area contributed by atoms with Gasteiger partial charge in [0.1, 0.15) is 6.29 Å². The molecule has 0 rings (SSSR count). The van der Waals surface area contributed by atoms with Crippen LogP contribution in [0.5, 0.6) is 0 Å². The standard InChI is InChI=1S/C9H16O.CH5N/c1-3-4-6-9(2)7-5-8-10;1-2/h3-4,8-9H,5-7H2,1-2H3;2H2,1H3/b4-3+;. The Morgan fingerprint density at radius 1 is 1.42 bits per heavy atom. The minimum atomic E-state index is 0.654. The second-order valence-electron chi connectivity index (χ2n) is 2.65. The summed E-state index contributed by atoms with van der Waals surface area (Å²) in [5.41, 5.74) is 4.50. The van der Waals surface area contributed by atoms with E-state index in [9.17, 15) is 4.79 Å². The molecule has 0 saturated heterocycles. The van der Waals surface area contributed by atoms with Crippen molar-refractivity contribution in [1.29, 1.82) is 0 Å². The van der Waals surface area contributed by atoms with Gasteiger partial charge in [0.15, 0.2) is 0 Å². The van der Waals surface area contributed by atoms with Gasteiger partial charge in [0.05, 0.1) is 0 Å². The van der Waals surface area contributed by atoms with Crippen LogP contribution in [-0.2, 0) is 4.79 Å². The van der Waals surface area contributed by atoms with Crippen LogP contribution in [0.1, 0.15) is 33.1 Å². The van der Waals surface area contributed by atoms with Crippen molar-refractivity contribution in [1.82, 2.24) is 0 Å². The molecule has 0 fully saturated rings. The first kappa shape index (κ1) is 13.9. The zero-order valence-corrected chi connectivity index (χ0v) is 8.42. The highest BCUT2D eigenvalue weighted by Gasteiger charge is 1.96. The van der Waals surface area contributed by atoms with E-state index in [1.807, 2.05) is 6.92 Å². The van der Waals surface area contributed by atoms with Crippen LogP contribution in [0.2, 0.25) is 0 Å². The van der Waals surface area contributed by atoms with Gasteiger partial charge in [-0.15, -0.1) is 0 Å². The molecule has 0 aromatic heterocycles. The van der Waals surface area contributed by atoms with Crippen molar-refractivity contribution in [2.75, 3.05) is 7.05 Å². The Kier molecular flexibility index (Phi) is 15.1. The minimum absolute atomic E-state index is 0.654. The summed E-state index contributed by atoms with van der Waals surface area (Å²) in [5.74, 6) is 0.654. The van der Waals surface area contributed by atoms with Crippen molar-refractivity contribution in [2.24, 2.45) is 11.7 Å². The van der Waals surface area contributed by atoms with E-state index in [1.165, 1.54) is 7.05 Å². The van der Waals surface area contributed by atoms with Crippen molar-refractivity contribution >= 4 is 6.29 Å². The Morgan fingerprint density at radius 2 is 2.00 bits per heavy atom.